The highest BCUT2D eigenvalue weighted by molar-refractivity contribution is 6.31. The fourth-order valence-corrected chi connectivity index (χ4v) is 4.71. The van der Waals surface area contributed by atoms with Crippen LogP contribution in [-0.2, 0) is 10.4 Å². The highest BCUT2D eigenvalue weighted by atomic mass is 35.5. The van der Waals surface area contributed by atoms with E-state index in [1.54, 1.807) is 18.3 Å². The number of hydroxylamine groups is 1. The zero-order valence-corrected chi connectivity index (χ0v) is 16.3. The average molecular weight is 433 g/mol. The number of nitrogens with zero attached hydrogens (tertiary/aromatic N) is 3. The number of urea groups is 1. The average Bonchev–Trinajstić information content (AvgIpc) is 3.17. The lowest BCUT2D eigenvalue weighted by atomic mass is 9.75. The van der Waals surface area contributed by atoms with Crippen LogP contribution in [0.1, 0.15) is 31.4 Å². The molecular formula is C18H20ClF3N4O3. The molecule has 11 heteroatoms. The van der Waals surface area contributed by atoms with E-state index in [0.29, 0.717) is 31.0 Å². The van der Waals surface area contributed by atoms with Crippen LogP contribution in [0.25, 0.3) is 10.9 Å². The summed E-state index contributed by atoms with van der Waals surface area (Å²) < 4.78 is 38.2. The molecular weight excluding hydrogens is 413 g/mol. The molecule has 29 heavy (non-hydrogen) atoms. The standard InChI is InChI=1S/C18H20ClF3N4O3/c1-17(15(27)13-7-12(19)6-10-8-23-26(17)14(10)13)11-2-4-25(5-3-11)16(28)24-29-9-18(20,21)22/h6-8,11,15,27H,2-5,9H2,1H3,(H,24,28)/t15-,17?/m1/s1. The Kier molecular flexibility index (Phi) is 4.91. The summed E-state index contributed by atoms with van der Waals surface area (Å²) in [6, 6.07) is 2.84. The maximum absolute atomic E-state index is 12.1. The smallest absolute Gasteiger partial charge is 0.386 e. The van der Waals surface area contributed by atoms with Gasteiger partial charge in [-0.2, -0.15) is 18.3 Å². The fraction of sp³-hybridized carbons (Fsp3) is 0.556. The van der Waals surface area contributed by atoms with E-state index >= 15 is 0 Å². The number of carbonyl (C=O) groups excluding carboxylic acids is 1. The van der Waals surface area contributed by atoms with Gasteiger partial charge >= 0.3 is 12.2 Å². The molecule has 1 saturated heterocycles. The topological polar surface area (TPSA) is 79.6 Å². The minimum absolute atomic E-state index is 0.00641. The maximum atomic E-state index is 12.1. The number of aliphatic hydroxyl groups excluding tert-OH is 1. The number of halogens is 4. The number of hydrogen-bond acceptors (Lipinski definition) is 4. The molecule has 158 valence electrons. The van der Waals surface area contributed by atoms with Crippen molar-refractivity contribution < 1.29 is 27.9 Å². The molecule has 2 aromatic rings. The van der Waals surface area contributed by atoms with Crippen LogP contribution in [0.3, 0.4) is 0 Å². The molecule has 2 N–H and O–H groups in total. The lowest BCUT2D eigenvalue weighted by Crippen LogP contribution is -2.50. The first kappa shape index (κ1) is 20.2. The largest absolute Gasteiger partial charge is 0.414 e. The van der Waals surface area contributed by atoms with Crippen molar-refractivity contribution in [2.75, 3.05) is 19.7 Å². The van der Waals surface area contributed by atoms with Crippen LogP contribution in [0.4, 0.5) is 18.0 Å². The Morgan fingerprint density at radius 2 is 2.10 bits per heavy atom. The van der Waals surface area contributed by atoms with Gasteiger partial charge in [-0.15, -0.1) is 0 Å². The van der Waals surface area contributed by atoms with Gasteiger partial charge in [0.25, 0.3) is 0 Å². The lowest BCUT2D eigenvalue weighted by molar-refractivity contribution is -0.185. The van der Waals surface area contributed by atoms with Gasteiger partial charge in [-0.3, -0.25) is 9.52 Å². The maximum Gasteiger partial charge on any atom is 0.414 e. The summed E-state index contributed by atoms with van der Waals surface area (Å²) in [5.41, 5.74) is 2.71. The highest BCUT2D eigenvalue weighted by Gasteiger charge is 2.50. The molecule has 0 aliphatic carbocycles. The zero-order valence-electron chi connectivity index (χ0n) is 15.5. The number of carbonyl (C=O) groups is 1. The second kappa shape index (κ2) is 7.03. The molecule has 2 aliphatic heterocycles. The van der Waals surface area contributed by atoms with Crippen LogP contribution in [0.5, 0.6) is 0 Å². The Labute approximate surface area is 169 Å². The summed E-state index contributed by atoms with van der Waals surface area (Å²) in [5, 5.41) is 16.9. The molecule has 1 fully saturated rings. The first-order valence-electron chi connectivity index (χ1n) is 9.20. The van der Waals surface area contributed by atoms with Gasteiger partial charge < -0.3 is 10.0 Å². The van der Waals surface area contributed by atoms with Gasteiger partial charge in [-0.25, -0.2) is 10.3 Å². The Morgan fingerprint density at radius 3 is 2.76 bits per heavy atom. The molecule has 3 heterocycles. The van der Waals surface area contributed by atoms with Crippen molar-refractivity contribution in [1.82, 2.24) is 20.2 Å². The van der Waals surface area contributed by atoms with E-state index < -0.39 is 30.5 Å². The van der Waals surface area contributed by atoms with E-state index in [0.717, 1.165) is 16.5 Å². The van der Waals surface area contributed by atoms with E-state index in [-0.39, 0.29) is 5.92 Å². The van der Waals surface area contributed by atoms with Gasteiger partial charge in [0, 0.05) is 29.1 Å². The molecule has 7 nitrogen and oxygen atoms in total. The number of likely N-dealkylation sites (tertiary alicyclic amines) is 1. The quantitative estimate of drug-likeness (QED) is 0.729. The third kappa shape index (κ3) is 3.43. The summed E-state index contributed by atoms with van der Waals surface area (Å²) in [6.07, 6.45) is -2.48. The van der Waals surface area contributed by atoms with Crippen LogP contribution < -0.4 is 5.48 Å². The molecule has 0 spiro atoms. The van der Waals surface area contributed by atoms with E-state index in [4.69, 9.17) is 11.6 Å². The predicted molar refractivity (Wildman–Crippen MR) is 98.2 cm³/mol. The van der Waals surface area contributed by atoms with E-state index in [1.807, 2.05) is 17.1 Å². The van der Waals surface area contributed by atoms with Crippen molar-refractivity contribution in [3.05, 3.63) is 28.9 Å². The van der Waals surface area contributed by atoms with Crippen LogP contribution in [0.15, 0.2) is 18.3 Å². The van der Waals surface area contributed by atoms with Crippen molar-refractivity contribution >= 4 is 28.5 Å². The molecule has 1 unspecified atom stereocenters. The van der Waals surface area contributed by atoms with Gasteiger partial charge in [0.2, 0.25) is 0 Å². The SMILES string of the molecule is CC1(C2CCN(C(=O)NOCC(F)(F)F)CC2)[C@H](O)c2cc(Cl)cc3cnn1c23. The van der Waals surface area contributed by atoms with Gasteiger partial charge in [0.05, 0.1) is 17.3 Å². The summed E-state index contributed by atoms with van der Waals surface area (Å²) in [4.78, 5) is 17.7. The van der Waals surface area contributed by atoms with Crippen LogP contribution in [0, 0.1) is 5.92 Å². The van der Waals surface area contributed by atoms with Gasteiger partial charge in [0.1, 0.15) is 6.10 Å². The van der Waals surface area contributed by atoms with Crippen LogP contribution in [0.2, 0.25) is 5.02 Å². The number of nitrogens with one attached hydrogen (secondary N) is 1. The molecule has 0 saturated carbocycles. The number of alkyl halides is 3. The van der Waals surface area contributed by atoms with Crippen molar-refractivity contribution in [2.45, 2.75) is 37.6 Å². The molecule has 2 atom stereocenters. The zero-order chi connectivity index (χ0) is 21.0. The molecule has 0 radical (unpaired) electrons. The summed E-state index contributed by atoms with van der Waals surface area (Å²) in [7, 11) is 0. The fourth-order valence-electron chi connectivity index (χ4n) is 4.47. The number of rotatable bonds is 3. The number of aromatic nitrogens is 2. The summed E-state index contributed by atoms with van der Waals surface area (Å²) in [5.74, 6) is 0.00641. The normalized spacial score (nSPS) is 25.0. The van der Waals surface area contributed by atoms with Crippen molar-refractivity contribution in [1.29, 1.82) is 0 Å². The number of benzene rings is 1. The molecule has 4 rings (SSSR count). The van der Waals surface area contributed by atoms with E-state index in [9.17, 15) is 23.1 Å². The number of hydrogen-bond donors (Lipinski definition) is 2. The minimum Gasteiger partial charge on any atom is -0.386 e. The number of amides is 2. The van der Waals surface area contributed by atoms with Crippen molar-refractivity contribution in [3.63, 3.8) is 0 Å². The van der Waals surface area contributed by atoms with Crippen LogP contribution >= 0.6 is 11.6 Å². The third-order valence-corrected chi connectivity index (χ3v) is 6.18. The first-order valence-corrected chi connectivity index (χ1v) is 9.58. The van der Waals surface area contributed by atoms with Gasteiger partial charge in [-0.1, -0.05) is 11.6 Å². The van der Waals surface area contributed by atoms with Gasteiger partial charge in [-0.05, 0) is 37.8 Å². The number of piperidine rings is 1. The van der Waals surface area contributed by atoms with E-state index in [1.165, 1.54) is 4.90 Å². The van der Waals surface area contributed by atoms with Crippen molar-refractivity contribution in [3.8, 4) is 0 Å². The lowest BCUT2D eigenvalue weighted by Gasteiger charge is -2.42. The third-order valence-electron chi connectivity index (χ3n) is 5.97. The second-order valence-electron chi connectivity index (χ2n) is 7.69. The Morgan fingerprint density at radius 1 is 1.41 bits per heavy atom. The molecule has 1 aromatic heterocycles. The minimum atomic E-state index is -4.51. The van der Waals surface area contributed by atoms with E-state index in [2.05, 4.69) is 9.94 Å². The second-order valence-corrected chi connectivity index (χ2v) is 8.13. The Hall–Kier alpha value is -2.04. The van der Waals surface area contributed by atoms with Gasteiger partial charge in [0.15, 0.2) is 6.61 Å². The predicted octanol–water partition coefficient (Wildman–Crippen LogP) is 3.37. The number of aliphatic hydroxyl groups is 1. The monoisotopic (exact) mass is 432 g/mol. The summed E-state index contributed by atoms with van der Waals surface area (Å²) >= 11 is 6.17. The molecule has 2 aliphatic rings. The summed E-state index contributed by atoms with van der Waals surface area (Å²) in [6.45, 7) is 1.05. The molecule has 1 aromatic carbocycles. The van der Waals surface area contributed by atoms with Crippen molar-refractivity contribution in [2.24, 2.45) is 5.92 Å². The first-order chi connectivity index (χ1) is 13.6. The van der Waals surface area contributed by atoms with Crippen LogP contribution in [-0.4, -0.2) is 51.7 Å². The molecule has 2 amide bonds. The Bertz CT molecular complexity index is 942. The molecule has 0 bridgehead atoms. The highest BCUT2D eigenvalue weighted by Crippen LogP contribution is 2.51. The Balaban J connectivity index is 1.44.